The van der Waals surface area contributed by atoms with E-state index in [9.17, 15) is 14.4 Å². The van der Waals surface area contributed by atoms with E-state index in [1.165, 1.54) is 23.4 Å². The fraction of sp³-hybridized carbons (Fsp3) is 0.478. The fourth-order valence-corrected chi connectivity index (χ4v) is 4.65. The van der Waals surface area contributed by atoms with Crippen molar-refractivity contribution in [3.63, 3.8) is 0 Å². The van der Waals surface area contributed by atoms with Gasteiger partial charge in [0, 0.05) is 32.2 Å². The first kappa shape index (κ1) is 23.8. The van der Waals surface area contributed by atoms with Gasteiger partial charge in [-0.1, -0.05) is 42.1 Å². The lowest BCUT2D eigenvalue weighted by Crippen LogP contribution is -2.46. The second kappa shape index (κ2) is 8.97. The summed E-state index contributed by atoms with van der Waals surface area (Å²) >= 11 is 1.29. The van der Waals surface area contributed by atoms with Crippen LogP contribution in [0.5, 0.6) is 0 Å². The molecule has 0 unspecified atom stereocenters. The highest BCUT2D eigenvalue weighted by atomic mass is 32.2. The number of amides is 1. The maximum atomic E-state index is 13.3. The molecule has 2 aromatic heterocycles. The fourth-order valence-electron chi connectivity index (χ4n) is 3.65. The summed E-state index contributed by atoms with van der Waals surface area (Å²) in [4.78, 5) is 44.9. The molecule has 8 nitrogen and oxygen atoms in total. The predicted molar refractivity (Wildman–Crippen MR) is 128 cm³/mol. The summed E-state index contributed by atoms with van der Waals surface area (Å²) in [7, 11) is 3.06. The number of fused-ring (bicyclic) bond motifs is 1. The maximum Gasteiger partial charge on any atom is 0.332 e. The minimum absolute atomic E-state index is 0.0180. The monoisotopic (exact) mass is 457 g/mol. The van der Waals surface area contributed by atoms with Crippen LogP contribution in [0.2, 0.25) is 0 Å². The van der Waals surface area contributed by atoms with Gasteiger partial charge in [-0.2, -0.15) is 0 Å². The number of carbonyl (C=O) groups is 1. The van der Waals surface area contributed by atoms with Crippen LogP contribution in [0.1, 0.15) is 46.2 Å². The van der Waals surface area contributed by atoms with E-state index in [4.69, 9.17) is 0 Å². The summed E-state index contributed by atoms with van der Waals surface area (Å²) in [6.45, 7) is 10.5. The van der Waals surface area contributed by atoms with Gasteiger partial charge in [-0.05, 0) is 40.2 Å². The van der Waals surface area contributed by atoms with Crippen molar-refractivity contribution in [1.29, 1.82) is 0 Å². The summed E-state index contributed by atoms with van der Waals surface area (Å²) in [5, 5.41) is 0.551. The molecule has 0 spiro atoms. The molecule has 0 N–H and O–H groups in total. The first-order valence-electron chi connectivity index (χ1n) is 10.6. The molecule has 0 bridgehead atoms. The molecule has 0 radical (unpaired) electrons. The SMILES string of the molecule is CC(C)n1c(SCC(=O)N(Cc2ccccc2)C(C)(C)C)nc2c1c(=O)n(C)c(=O)n2C. The molecular weight excluding hydrogens is 426 g/mol. The highest BCUT2D eigenvalue weighted by Gasteiger charge is 2.28. The van der Waals surface area contributed by atoms with Crippen LogP contribution in [0.15, 0.2) is 45.1 Å². The van der Waals surface area contributed by atoms with E-state index >= 15 is 0 Å². The van der Waals surface area contributed by atoms with Crippen LogP contribution in [0.25, 0.3) is 11.2 Å². The number of benzene rings is 1. The van der Waals surface area contributed by atoms with Crippen LogP contribution >= 0.6 is 11.8 Å². The summed E-state index contributed by atoms with van der Waals surface area (Å²) in [5.41, 5.74) is 0.600. The molecule has 0 fully saturated rings. The Morgan fingerprint density at radius 3 is 2.28 bits per heavy atom. The highest BCUT2D eigenvalue weighted by molar-refractivity contribution is 7.99. The van der Waals surface area contributed by atoms with Gasteiger partial charge in [-0.25, -0.2) is 9.78 Å². The Morgan fingerprint density at radius 2 is 1.72 bits per heavy atom. The molecule has 3 rings (SSSR count). The molecule has 9 heteroatoms. The van der Waals surface area contributed by atoms with Gasteiger partial charge in [-0.3, -0.25) is 18.7 Å². The van der Waals surface area contributed by atoms with Gasteiger partial charge in [0.15, 0.2) is 16.3 Å². The summed E-state index contributed by atoms with van der Waals surface area (Å²) < 4.78 is 4.27. The van der Waals surface area contributed by atoms with Crippen molar-refractivity contribution in [1.82, 2.24) is 23.6 Å². The normalized spacial score (nSPS) is 12.0. The Labute approximate surface area is 191 Å². The predicted octanol–water partition coefficient (Wildman–Crippen LogP) is 2.93. The van der Waals surface area contributed by atoms with Crippen molar-refractivity contribution in [3.05, 3.63) is 56.7 Å². The average molecular weight is 458 g/mol. The van der Waals surface area contributed by atoms with Gasteiger partial charge >= 0.3 is 5.69 Å². The molecule has 3 aromatic rings. The van der Waals surface area contributed by atoms with Gasteiger partial charge in [0.05, 0.1) is 5.75 Å². The third kappa shape index (κ3) is 4.53. The third-order valence-electron chi connectivity index (χ3n) is 5.39. The van der Waals surface area contributed by atoms with Crippen molar-refractivity contribution in [2.45, 2.75) is 57.9 Å². The van der Waals surface area contributed by atoms with Crippen LogP contribution in [-0.2, 0) is 25.4 Å². The van der Waals surface area contributed by atoms with Crippen molar-refractivity contribution < 1.29 is 4.79 Å². The Morgan fingerprint density at radius 1 is 1.09 bits per heavy atom. The van der Waals surface area contributed by atoms with E-state index < -0.39 is 5.69 Å². The summed E-state index contributed by atoms with van der Waals surface area (Å²) in [6, 6.07) is 9.83. The molecule has 32 heavy (non-hydrogen) atoms. The first-order chi connectivity index (χ1) is 14.9. The van der Waals surface area contributed by atoms with Gasteiger partial charge in [-0.15, -0.1) is 0 Å². The van der Waals surface area contributed by atoms with Crippen LogP contribution in [0.3, 0.4) is 0 Å². The van der Waals surface area contributed by atoms with Gasteiger partial charge < -0.3 is 9.47 Å². The van der Waals surface area contributed by atoms with Gasteiger partial charge in [0.1, 0.15) is 0 Å². The number of aryl methyl sites for hydroxylation is 1. The molecule has 0 aliphatic heterocycles. The van der Waals surface area contributed by atoms with Crippen molar-refractivity contribution in [2.24, 2.45) is 14.1 Å². The average Bonchev–Trinajstić information content (AvgIpc) is 3.13. The maximum absolute atomic E-state index is 13.3. The topological polar surface area (TPSA) is 82.1 Å². The van der Waals surface area contributed by atoms with Gasteiger partial charge in [0.2, 0.25) is 5.91 Å². The molecule has 2 heterocycles. The molecular formula is C23H31N5O3S. The first-order valence-corrected chi connectivity index (χ1v) is 11.6. The molecule has 172 valence electrons. The number of hydrogen-bond donors (Lipinski definition) is 0. The molecule has 0 saturated carbocycles. The molecule has 1 amide bonds. The minimum atomic E-state index is -0.426. The molecule has 0 aliphatic carbocycles. The Hall–Kier alpha value is -2.81. The minimum Gasteiger partial charge on any atom is -0.333 e. The molecule has 0 aliphatic rings. The van der Waals surface area contributed by atoms with E-state index in [1.807, 2.05) is 74.4 Å². The summed E-state index contributed by atoms with van der Waals surface area (Å²) in [6.07, 6.45) is 0. The van der Waals surface area contributed by atoms with Gasteiger partial charge in [0.25, 0.3) is 5.56 Å². The number of thioether (sulfide) groups is 1. The Balaban J connectivity index is 1.95. The summed E-state index contributed by atoms with van der Waals surface area (Å²) in [5.74, 6) is 0.157. The quantitative estimate of drug-likeness (QED) is 0.532. The Bertz CT molecular complexity index is 1250. The number of aromatic nitrogens is 4. The zero-order valence-corrected chi connectivity index (χ0v) is 20.6. The lowest BCUT2D eigenvalue weighted by atomic mass is 10.0. The van der Waals surface area contributed by atoms with Crippen molar-refractivity contribution >= 4 is 28.8 Å². The lowest BCUT2D eigenvalue weighted by molar-refractivity contribution is -0.133. The van der Waals surface area contributed by atoms with E-state index in [-0.39, 0.29) is 28.8 Å². The van der Waals surface area contributed by atoms with Crippen LogP contribution in [-0.4, -0.2) is 40.8 Å². The van der Waals surface area contributed by atoms with E-state index in [2.05, 4.69) is 4.98 Å². The second-order valence-corrected chi connectivity index (χ2v) is 10.1. The Kier molecular flexibility index (Phi) is 6.69. The van der Waals surface area contributed by atoms with Crippen LogP contribution < -0.4 is 11.2 Å². The lowest BCUT2D eigenvalue weighted by Gasteiger charge is -2.36. The standard InChI is InChI=1S/C23H31N5O3S/c1-15(2)28-18-19(25(6)22(31)26(7)20(18)30)24-21(28)32-14-17(29)27(23(3,4)5)13-16-11-9-8-10-12-16/h8-12,15H,13-14H2,1-7H3. The largest absolute Gasteiger partial charge is 0.333 e. The van der Waals surface area contributed by atoms with Crippen LogP contribution in [0.4, 0.5) is 0 Å². The number of hydrogen-bond acceptors (Lipinski definition) is 5. The second-order valence-electron chi connectivity index (χ2n) is 9.16. The zero-order chi connectivity index (χ0) is 23.8. The van der Waals surface area contributed by atoms with Crippen molar-refractivity contribution in [3.8, 4) is 0 Å². The molecule has 1 aromatic carbocycles. The number of rotatable bonds is 6. The van der Waals surface area contributed by atoms with E-state index in [0.717, 1.165) is 10.1 Å². The smallest absolute Gasteiger partial charge is 0.332 e. The zero-order valence-electron chi connectivity index (χ0n) is 19.7. The van der Waals surface area contributed by atoms with Crippen molar-refractivity contribution in [2.75, 3.05) is 5.75 Å². The number of carbonyl (C=O) groups excluding carboxylic acids is 1. The van der Waals surface area contributed by atoms with E-state index in [1.54, 1.807) is 7.05 Å². The highest BCUT2D eigenvalue weighted by Crippen LogP contribution is 2.27. The van der Waals surface area contributed by atoms with E-state index in [0.29, 0.717) is 22.9 Å². The number of imidazole rings is 1. The molecule has 0 saturated heterocycles. The molecule has 0 atom stereocenters. The number of nitrogens with zero attached hydrogens (tertiary/aromatic N) is 5. The third-order valence-corrected chi connectivity index (χ3v) is 6.33. The van der Waals surface area contributed by atoms with Crippen LogP contribution in [0, 0.1) is 0 Å².